The lowest BCUT2D eigenvalue weighted by Crippen LogP contribution is -2.13. The summed E-state index contributed by atoms with van der Waals surface area (Å²) in [7, 11) is 0. The molecule has 0 bridgehead atoms. The summed E-state index contributed by atoms with van der Waals surface area (Å²) in [6.45, 7) is 2.98. The number of halogens is 1. The minimum Gasteiger partial charge on any atom is -0.489 e. The molecule has 3 rings (SSSR count). The van der Waals surface area contributed by atoms with Crippen molar-refractivity contribution in [1.29, 1.82) is 5.26 Å². The Morgan fingerprint density at radius 1 is 1.27 bits per heavy atom. The first-order valence-corrected chi connectivity index (χ1v) is 8.53. The van der Waals surface area contributed by atoms with Gasteiger partial charge in [0, 0.05) is 12.1 Å². The number of anilines is 1. The van der Waals surface area contributed by atoms with Crippen molar-refractivity contribution in [2.75, 3.05) is 18.5 Å². The molecule has 0 radical (unpaired) electrons. The molecule has 0 spiro atoms. The fraction of sp³-hybridized carbons (Fsp3) is 0.200. The maximum Gasteiger partial charge on any atom is 0.266 e. The molecule has 0 saturated carbocycles. The molecule has 0 aliphatic carbocycles. The first-order valence-electron chi connectivity index (χ1n) is 8.16. The summed E-state index contributed by atoms with van der Waals surface area (Å²) in [5.74, 6) is 0.517. The van der Waals surface area contributed by atoms with Crippen LogP contribution in [0.3, 0.4) is 0 Å². The number of hydrogen-bond acceptors (Lipinski definition) is 4. The molecule has 0 aromatic heterocycles. The Hall–Kier alpha value is -2.97. The topological polar surface area (TPSA) is 71.4 Å². The van der Waals surface area contributed by atoms with E-state index in [1.807, 2.05) is 31.2 Å². The second kappa shape index (κ2) is 7.94. The lowest BCUT2D eigenvalue weighted by Gasteiger charge is -2.10. The zero-order valence-corrected chi connectivity index (χ0v) is 15.0. The molecule has 1 heterocycles. The number of nitrogens with one attached hydrogen (secondary N) is 1. The van der Waals surface area contributed by atoms with Gasteiger partial charge in [-0.15, -0.1) is 0 Å². The van der Waals surface area contributed by atoms with Gasteiger partial charge in [0.25, 0.3) is 5.91 Å². The first-order chi connectivity index (χ1) is 12.6. The van der Waals surface area contributed by atoms with Crippen molar-refractivity contribution in [3.63, 3.8) is 0 Å². The Morgan fingerprint density at radius 3 is 2.85 bits per heavy atom. The Labute approximate surface area is 156 Å². The largest absolute Gasteiger partial charge is 0.489 e. The summed E-state index contributed by atoms with van der Waals surface area (Å²) >= 11 is 6.26. The summed E-state index contributed by atoms with van der Waals surface area (Å²) < 4.78 is 11.2. The van der Waals surface area contributed by atoms with E-state index >= 15 is 0 Å². The van der Waals surface area contributed by atoms with Crippen LogP contribution in [-0.4, -0.2) is 19.1 Å². The quantitative estimate of drug-likeness (QED) is 0.645. The SMILES string of the molecule is Cc1cccc(NC(=O)/C(C#N)=C/c2cc(Cl)c3c(c2)OCCCO3)c1. The zero-order chi connectivity index (χ0) is 18.5. The minimum atomic E-state index is -0.485. The third-order valence-electron chi connectivity index (χ3n) is 3.78. The van der Waals surface area contributed by atoms with Crippen molar-refractivity contribution in [3.8, 4) is 17.6 Å². The maximum atomic E-state index is 12.4. The van der Waals surface area contributed by atoms with Gasteiger partial charge < -0.3 is 14.8 Å². The fourth-order valence-electron chi connectivity index (χ4n) is 2.57. The van der Waals surface area contributed by atoms with Crippen molar-refractivity contribution >= 4 is 29.3 Å². The Bertz CT molecular complexity index is 916. The van der Waals surface area contributed by atoms with Crippen LogP contribution in [0.4, 0.5) is 5.69 Å². The molecule has 6 heteroatoms. The third kappa shape index (κ3) is 4.16. The first kappa shape index (κ1) is 17.8. The molecular weight excluding hydrogens is 352 g/mol. The van der Waals surface area contributed by atoms with Gasteiger partial charge in [0.1, 0.15) is 11.6 Å². The molecule has 1 N–H and O–H groups in total. The van der Waals surface area contributed by atoms with Gasteiger partial charge in [-0.1, -0.05) is 23.7 Å². The van der Waals surface area contributed by atoms with E-state index in [4.69, 9.17) is 21.1 Å². The number of benzene rings is 2. The number of ether oxygens (including phenoxy) is 2. The minimum absolute atomic E-state index is 0.0305. The highest BCUT2D eigenvalue weighted by molar-refractivity contribution is 6.32. The number of nitrogens with zero attached hydrogens (tertiary/aromatic N) is 1. The average Bonchev–Trinajstić information content (AvgIpc) is 2.85. The summed E-state index contributed by atoms with van der Waals surface area (Å²) in [6, 6.07) is 12.7. The smallest absolute Gasteiger partial charge is 0.266 e. The molecule has 2 aromatic rings. The van der Waals surface area contributed by atoms with Crippen molar-refractivity contribution < 1.29 is 14.3 Å². The number of nitriles is 1. The number of carbonyl (C=O) groups excluding carboxylic acids is 1. The summed E-state index contributed by atoms with van der Waals surface area (Å²) in [5.41, 5.74) is 2.21. The second-order valence-corrected chi connectivity index (χ2v) is 6.28. The van der Waals surface area contributed by atoms with Gasteiger partial charge in [-0.05, 0) is 48.4 Å². The van der Waals surface area contributed by atoms with E-state index in [0.29, 0.717) is 41.0 Å². The molecular formula is C20H17ClN2O3. The van der Waals surface area contributed by atoms with E-state index in [9.17, 15) is 10.1 Å². The van der Waals surface area contributed by atoms with Gasteiger partial charge in [-0.2, -0.15) is 5.26 Å². The van der Waals surface area contributed by atoms with Crippen LogP contribution in [0, 0.1) is 18.3 Å². The second-order valence-electron chi connectivity index (χ2n) is 5.87. The van der Waals surface area contributed by atoms with E-state index in [-0.39, 0.29) is 5.57 Å². The van der Waals surface area contributed by atoms with Crippen molar-refractivity contribution in [3.05, 3.63) is 58.1 Å². The Morgan fingerprint density at radius 2 is 2.08 bits per heavy atom. The van der Waals surface area contributed by atoms with Crippen molar-refractivity contribution in [2.45, 2.75) is 13.3 Å². The lowest BCUT2D eigenvalue weighted by molar-refractivity contribution is -0.112. The summed E-state index contributed by atoms with van der Waals surface area (Å²) in [5, 5.41) is 12.5. The van der Waals surface area contributed by atoms with E-state index < -0.39 is 5.91 Å². The fourth-order valence-corrected chi connectivity index (χ4v) is 2.84. The molecule has 5 nitrogen and oxygen atoms in total. The van der Waals surface area contributed by atoms with Crippen molar-refractivity contribution in [2.24, 2.45) is 0 Å². The number of rotatable bonds is 3. The van der Waals surface area contributed by atoms with E-state index in [2.05, 4.69) is 5.32 Å². The van der Waals surface area contributed by atoms with Gasteiger partial charge in [0.2, 0.25) is 0 Å². The van der Waals surface area contributed by atoms with Crippen LogP contribution in [0.15, 0.2) is 42.0 Å². The van der Waals surface area contributed by atoms with Gasteiger partial charge in [-0.3, -0.25) is 4.79 Å². The number of fused-ring (bicyclic) bond motifs is 1. The molecule has 132 valence electrons. The lowest BCUT2D eigenvalue weighted by atomic mass is 10.1. The Balaban J connectivity index is 1.87. The zero-order valence-electron chi connectivity index (χ0n) is 14.2. The molecule has 2 aromatic carbocycles. The van der Waals surface area contributed by atoms with Gasteiger partial charge in [0.15, 0.2) is 11.5 Å². The van der Waals surface area contributed by atoms with Crippen LogP contribution >= 0.6 is 11.6 Å². The third-order valence-corrected chi connectivity index (χ3v) is 4.06. The highest BCUT2D eigenvalue weighted by atomic mass is 35.5. The average molecular weight is 369 g/mol. The van der Waals surface area contributed by atoms with Gasteiger partial charge in [-0.25, -0.2) is 0 Å². The highest BCUT2D eigenvalue weighted by Gasteiger charge is 2.16. The van der Waals surface area contributed by atoms with Gasteiger partial charge >= 0.3 is 0 Å². The van der Waals surface area contributed by atoms with Crippen LogP contribution in [0.5, 0.6) is 11.5 Å². The molecule has 0 fully saturated rings. The predicted molar refractivity (Wildman–Crippen MR) is 100 cm³/mol. The Kier molecular flexibility index (Phi) is 5.45. The van der Waals surface area contributed by atoms with Crippen LogP contribution in [0.2, 0.25) is 5.02 Å². The molecule has 1 amide bonds. The number of carbonyl (C=O) groups is 1. The molecule has 0 unspecified atom stereocenters. The maximum absolute atomic E-state index is 12.4. The molecule has 0 saturated heterocycles. The summed E-state index contributed by atoms with van der Waals surface area (Å²) in [6.07, 6.45) is 2.24. The standard InChI is InChI=1S/C20H17ClN2O3/c1-13-4-2-5-16(8-13)23-20(24)15(12-22)9-14-10-17(21)19-18(11-14)25-6-3-7-26-19/h2,4-5,8-11H,3,6-7H2,1H3,(H,23,24)/b15-9+. The van der Waals surface area contributed by atoms with E-state index in [1.54, 1.807) is 18.2 Å². The monoisotopic (exact) mass is 368 g/mol. The summed E-state index contributed by atoms with van der Waals surface area (Å²) in [4.78, 5) is 12.4. The molecule has 0 atom stereocenters. The van der Waals surface area contributed by atoms with E-state index in [0.717, 1.165) is 12.0 Å². The number of aryl methyl sites for hydroxylation is 1. The van der Waals surface area contributed by atoms with Crippen LogP contribution < -0.4 is 14.8 Å². The molecule has 26 heavy (non-hydrogen) atoms. The van der Waals surface area contributed by atoms with Crippen molar-refractivity contribution in [1.82, 2.24) is 0 Å². The van der Waals surface area contributed by atoms with Crippen LogP contribution in [0.25, 0.3) is 6.08 Å². The number of hydrogen-bond donors (Lipinski definition) is 1. The van der Waals surface area contributed by atoms with Crippen LogP contribution in [0.1, 0.15) is 17.5 Å². The van der Waals surface area contributed by atoms with Gasteiger partial charge in [0.05, 0.1) is 18.2 Å². The number of amides is 1. The van der Waals surface area contributed by atoms with E-state index in [1.165, 1.54) is 6.08 Å². The van der Waals surface area contributed by atoms with Crippen LogP contribution in [-0.2, 0) is 4.79 Å². The highest BCUT2D eigenvalue weighted by Crippen LogP contribution is 2.38. The molecule has 1 aliphatic heterocycles. The molecule has 1 aliphatic rings. The predicted octanol–water partition coefficient (Wildman–Crippen LogP) is 4.36. The normalized spacial score (nSPS) is 13.5.